The Hall–Kier alpha value is -2.63. The summed E-state index contributed by atoms with van der Waals surface area (Å²) in [5.41, 5.74) is 1.95. The lowest BCUT2D eigenvalue weighted by Crippen LogP contribution is -2.58. The van der Waals surface area contributed by atoms with Crippen LogP contribution >= 0.6 is 0 Å². The fourth-order valence-electron chi connectivity index (χ4n) is 5.27. The maximum absolute atomic E-state index is 13.7. The number of alkyl halides is 3. The Morgan fingerprint density at radius 1 is 1.09 bits per heavy atom. The van der Waals surface area contributed by atoms with E-state index >= 15 is 0 Å². The molecule has 2 aliphatic rings. The van der Waals surface area contributed by atoms with Gasteiger partial charge in [-0.1, -0.05) is 24.3 Å². The Morgan fingerprint density at radius 3 is 2.37 bits per heavy atom. The SMILES string of the molecule is C[C@@H]1CN(Cc2cccc(OC(F)(F)F)c2)C[C@H](C)N1S(=O)(=O)c1cccc2c1CC(C(=O)O)C2. The number of nitrogens with zero attached hydrogens (tertiary/aromatic N) is 2. The van der Waals surface area contributed by atoms with Gasteiger partial charge in [0, 0.05) is 31.7 Å². The molecule has 4 rings (SSSR count). The highest BCUT2D eigenvalue weighted by Crippen LogP contribution is 2.35. The van der Waals surface area contributed by atoms with Gasteiger partial charge in [0.05, 0.1) is 10.8 Å². The summed E-state index contributed by atoms with van der Waals surface area (Å²) in [6.45, 7) is 4.72. The van der Waals surface area contributed by atoms with Crippen molar-refractivity contribution in [2.24, 2.45) is 5.92 Å². The lowest BCUT2D eigenvalue weighted by atomic mass is 10.1. The molecule has 1 fully saturated rings. The zero-order valence-corrected chi connectivity index (χ0v) is 20.1. The van der Waals surface area contributed by atoms with E-state index in [0.717, 1.165) is 5.56 Å². The van der Waals surface area contributed by atoms with Crippen LogP contribution in [0.25, 0.3) is 0 Å². The number of rotatable bonds is 6. The van der Waals surface area contributed by atoms with E-state index in [1.807, 2.05) is 4.90 Å². The second-order valence-electron chi connectivity index (χ2n) is 9.26. The molecule has 7 nitrogen and oxygen atoms in total. The second-order valence-corrected chi connectivity index (χ2v) is 11.1. The third kappa shape index (κ3) is 5.46. The average Bonchev–Trinajstić information content (AvgIpc) is 3.16. The topological polar surface area (TPSA) is 87.2 Å². The van der Waals surface area contributed by atoms with E-state index in [9.17, 15) is 31.5 Å². The number of hydrogen-bond donors (Lipinski definition) is 1. The van der Waals surface area contributed by atoms with Crippen LogP contribution in [-0.4, -0.2) is 60.2 Å². The van der Waals surface area contributed by atoms with Gasteiger partial charge in [0.15, 0.2) is 0 Å². The van der Waals surface area contributed by atoms with Crippen molar-refractivity contribution < 1.29 is 36.2 Å². The highest BCUT2D eigenvalue weighted by molar-refractivity contribution is 7.89. The normalized spacial score (nSPS) is 23.7. The molecule has 0 spiro atoms. The minimum atomic E-state index is -4.77. The van der Waals surface area contributed by atoms with Crippen LogP contribution in [-0.2, 0) is 34.2 Å². The van der Waals surface area contributed by atoms with Crippen LogP contribution in [0, 0.1) is 5.92 Å². The molecule has 0 aromatic heterocycles. The van der Waals surface area contributed by atoms with E-state index in [0.29, 0.717) is 37.2 Å². The smallest absolute Gasteiger partial charge is 0.481 e. The van der Waals surface area contributed by atoms with Crippen molar-refractivity contribution in [3.8, 4) is 5.75 Å². The van der Waals surface area contributed by atoms with Gasteiger partial charge < -0.3 is 9.84 Å². The van der Waals surface area contributed by atoms with Gasteiger partial charge in [-0.15, -0.1) is 13.2 Å². The first-order chi connectivity index (χ1) is 16.3. The maximum atomic E-state index is 13.7. The fraction of sp³-hybridized carbons (Fsp3) is 0.458. The van der Waals surface area contributed by atoms with E-state index in [2.05, 4.69) is 4.74 Å². The van der Waals surface area contributed by atoms with Gasteiger partial charge >= 0.3 is 12.3 Å². The zero-order chi connectivity index (χ0) is 25.5. The second kappa shape index (κ2) is 9.44. The van der Waals surface area contributed by atoms with Gasteiger partial charge in [-0.05, 0) is 61.6 Å². The summed E-state index contributed by atoms with van der Waals surface area (Å²) in [5, 5.41) is 9.41. The number of piperazine rings is 1. The Bertz CT molecular complexity index is 1210. The van der Waals surface area contributed by atoms with Crippen LogP contribution in [0.1, 0.15) is 30.5 Å². The monoisotopic (exact) mass is 512 g/mol. The molecule has 11 heteroatoms. The van der Waals surface area contributed by atoms with E-state index in [1.165, 1.54) is 28.6 Å². The van der Waals surface area contributed by atoms with Crippen molar-refractivity contribution in [3.63, 3.8) is 0 Å². The molecule has 1 heterocycles. The molecule has 0 radical (unpaired) electrons. The first-order valence-electron chi connectivity index (χ1n) is 11.3. The molecule has 1 N–H and O–H groups in total. The number of ether oxygens (including phenoxy) is 1. The first-order valence-corrected chi connectivity index (χ1v) is 12.7. The fourth-order valence-corrected chi connectivity index (χ4v) is 7.35. The summed E-state index contributed by atoms with van der Waals surface area (Å²) in [4.78, 5) is 13.6. The van der Waals surface area contributed by atoms with E-state index in [-0.39, 0.29) is 17.1 Å². The molecule has 1 aliphatic heterocycles. The average molecular weight is 513 g/mol. The third-order valence-electron chi connectivity index (χ3n) is 6.50. The van der Waals surface area contributed by atoms with Crippen LogP contribution in [0.15, 0.2) is 47.4 Å². The Balaban J connectivity index is 1.51. The molecule has 0 bridgehead atoms. The molecule has 1 saturated heterocycles. The minimum absolute atomic E-state index is 0.155. The lowest BCUT2D eigenvalue weighted by molar-refractivity contribution is -0.274. The molecular formula is C24H27F3N2O5S. The van der Waals surface area contributed by atoms with Crippen LogP contribution in [0.4, 0.5) is 13.2 Å². The van der Waals surface area contributed by atoms with Crippen LogP contribution < -0.4 is 4.74 Å². The van der Waals surface area contributed by atoms with Crippen molar-refractivity contribution in [2.75, 3.05) is 13.1 Å². The quantitative estimate of drug-likeness (QED) is 0.636. The predicted molar refractivity (Wildman–Crippen MR) is 121 cm³/mol. The molecule has 2 aromatic rings. The molecule has 1 aliphatic carbocycles. The summed E-state index contributed by atoms with van der Waals surface area (Å²) < 4.78 is 70.6. The molecule has 0 saturated carbocycles. The molecule has 35 heavy (non-hydrogen) atoms. The van der Waals surface area contributed by atoms with Gasteiger partial charge in [0.1, 0.15) is 5.75 Å². The Morgan fingerprint density at radius 2 is 1.74 bits per heavy atom. The van der Waals surface area contributed by atoms with Gasteiger partial charge in [-0.25, -0.2) is 8.42 Å². The number of hydrogen-bond acceptors (Lipinski definition) is 5. The number of carboxylic acid groups (broad SMARTS) is 1. The van der Waals surface area contributed by atoms with Gasteiger partial charge in [-0.3, -0.25) is 9.69 Å². The van der Waals surface area contributed by atoms with Crippen LogP contribution in [0.2, 0.25) is 0 Å². The van der Waals surface area contributed by atoms with Crippen molar-refractivity contribution in [1.82, 2.24) is 9.21 Å². The van der Waals surface area contributed by atoms with Crippen molar-refractivity contribution >= 4 is 16.0 Å². The summed E-state index contributed by atoms with van der Waals surface area (Å²) >= 11 is 0. The van der Waals surface area contributed by atoms with E-state index < -0.39 is 40.4 Å². The summed E-state index contributed by atoms with van der Waals surface area (Å²) in [6, 6.07) is 9.93. The van der Waals surface area contributed by atoms with Crippen molar-refractivity contribution in [3.05, 3.63) is 59.2 Å². The largest absolute Gasteiger partial charge is 0.573 e. The standard InChI is InChI=1S/C24H27F3N2O5S/c1-15-12-28(14-17-5-3-7-20(9-17)34-24(25,26)27)13-16(2)29(15)35(32,33)22-8-4-6-18-10-19(23(30)31)11-21(18)22/h3-9,15-16,19H,10-14H2,1-2H3,(H,30,31)/t15-,16+,19?. The predicted octanol–water partition coefficient (Wildman–Crippen LogP) is 3.67. The molecule has 0 amide bonds. The highest BCUT2D eigenvalue weighted by atomic mass is 32.2. The maximum Gasteiger partial charge on any atom is 0.573 e. The molecule has 3 atom stereocenters. The number of benzene rings is 2. The molecule has 1 unspecified atom stereocenters. The lowest BCUT2D eigenvalue weighted by Gasteiger charge is -2.43. The number of halogens is 3. The summed E-state index contributed by atoms with van der Waals surface area (Å²) in [5.74, 6) is -1.87. The summed E-state index contributed by atoms with van der Waals surface area (Å²) in [7, 11) is -3.89. The van der Waals surface area contributed by atoms with E-state index in [4.69, 9.17) is 0 Å². The van der Waals surface area contributed by atoms with Gasteiger partial charge in [-0.2, -0.15) is 4.31 Å². The summed E-state index contributed by atoms with van der Waals surface area (Å²) in [6.07, 6.45) is -4.28. The number of carbonyl (C=O) groups is 1. The highest BCUT2D eigenvalue weighted by Gasteiger charge is 2.41. The minimum Gasteiger partial charge on any atom is -0.481 e. The third-order valence-corrected chi connectivity index (χ3v) is 8.72. The number of carboxylic acids is 1. The zero-order valence-electron chi connectivity index (χ0n) is 19.3. The van der Waals surface area contributed by atoms with Crippen LogP contribution in [0.3, 0.4) is 0 Å². The molecular weight excluding hydrogens is 485 g/mol. The molecule has 190 valence electrons. The number of fused-ring (bicyclic) bond motifs is 1. The van der Waals surface area contributed by atoms with Gasteiger partial charge in [0.2, 0.25) is 10.0 Å². The molecule has 2 aromatic carbocycles. The van der Waals surface area contributed by atoms with Crippen molar-refractivity contribution in [2.45, 2.75) is 56.6 Å². The Labute approximate surface area is 202 Å². The number of sulfonamides is 1. The number of aliphatic carboxylic acids is 1. The van der Waals surface area contributed by atoms with Crippen molar-refractivity contribution in [1.29, 1.82) is 0 Å². The van der Waals surface area contributed by atoms with E-state index in [1.54, 1.807) is 32.0 Å². The van der Waals surface area contributed by atoms with Crippen LogP contribution in [0.5, 0.6) is 5.75 Å². The van der Waals surface area contributed by atoms with Gasteiger partial charge in [0.25, 0.3) is 0 Å². The Kier molecular flexibility index (Phi) is 6.87. The first kappa shape index (κ1) is 25.5.